The third kappa shape index (κ3) is 1.40. The van der Waals surface area contributed by atoms with E-state index in [0.717, 1.165) is 26.4 Å². The molecule has 3 aromatic rings. The van der Waals surface area contributed by atoms with Crippen molar-refractivity contribution in [1.82, 2.24) is 19.8 Å². The minimum Gasteiger partial charge on any atom is -0.390 e. The van der Waals surface area contributed by atoms with Crippen LogP contribution in [0.5, 0.6) is 0 Å². The molecule has 1 aliphatic carbocycles. The van der Waals surface area contributed by atoms with Crippen molar-refractivity contribution < 1.29 is 0 Å². The number of thiophene rings is 1. The van der Waals surface area contributed by atoms with Gasteiger partial charge < -0.3 is 5.73 Å². The van der Waals surface area contributed by atoms with Crippen LogP contribution in [-0.2, 0) is 0 Å². The smallest absolute Gasteiger partial charge is 0.234 e. The molecule has 0 aliphatic heterocycles. The summed E-state index contributed by atoms with van der Waals surface area (Å²) in [6.07, 6.45) is 3.69. The molecule has 0 radical (unpaired) electrons. The molecular formula is C11H11N5S2. The minimum absolute atomic E-state index is 0.537. The van der Waals surface area contributed by atoms with Crippen LogP contribution in [0.4, 0.5) is 5.00 Å². The Kier molecular flexibility index (Phi) is 2.18. The third-order valence-electron chi connectivity index (χ3n) is 3.41. The monoisotopic (exact) mass is 277 g/mol. The number of aromatic nitrogens is 4. The van der Waals surface area contributed by atoms with Crippen molar-refractivity contribution in [2.24, 2.45) is 0 Å². The van der Waals surface area contributed by atoms with Crippen LogP contribution >= 0.6 is 22.7 Å². The van der Waals surface area contributed by atoms with Gasteiger partial charge in [-0.3, -0.25) is 0 Å². The van der Waals surface area contributed by atoms with Gasteiger partial charge in [0.2, 0.25) is 4.96 Å². The molecule has 1 fully saturated rings. The summed E-state index contributed by atoms with van der Waals surface area (Å²) in [6, 6.07) is 2.01. The molecule has 2 N–H and O–H groups in total. The number of hydrogen-bond donors (Lipinski definition) is 1. The highest BCUT2D eigenvalue weighted by Gasteiger charge is 2.26. The predicted octanol–water partition coefficient (Wildman–Crippen LogP) is 2.76. The average Bonchev–Trinajstić information content (AvgIpc) is 2.92. The zero-order chi connectivity index (χ0) is 12.1. The lowest BCUT2D eigenvalue weighted by atomic mass is 9.85. The quantitative estimate of drug-likeness (QED) is 0.782. The summed E-state index contributed by atoms with van der Waals surface area (Å²) in [4.78, 5) is 0.859. The van der Waals surface area contributed by atoms with Crippen molar-refractivity contribution in [2.75, 3.05) is 5.73 Å². The molecule has 3 heterocycles. The van der Waals surface area contributed by atoms with Crippen LogP contribution in [-0.4, -0.2) is 19.8 Å². The Bertz CT molecular complexity index is 706. The summed E-state index contributed by atoms with van der Waals surface area (Å²) in [5.74, 6) is 1.54. The van der Waals surface area contributed by atoms with E-state index in [1.165, 1.54) is 30.6 Å². The summed E-state index contributed by atoms with van der Waals surface area (Å²) in [5, 5.41) is 16.8. The molecule has 3 aromatic heterocycles. The van der Waals surface area contributed by atoms with E-state index < -0.39 is 0 Å². The van der Waals surface area contributed by atoms with E-state index in [0.29, 0.717) is 5.92 Å². The molecule has 4 rings (SSSR count). The van der Waals surface area contributed by atoms with E-state index >= 15 is 0 Å². The van der Waals surface area contributed by atoms with Crippen LogP contribution in [0.1, 0.15) is 31.0 Å². The second-order valence-electron chi connectivity index (χ2n) is 4.49. The molecule has 0 amide bonds. The normalized spacial score (nSPS) is 16.2. The lowest BCUT2D eigenvalue weighted by Crippen LogP contribution is -2.12. The fourth-order valence-electron chi connectivity index (χ4n) is 2.16. The van der Waals surface area contributed by atoms with Crippen LogP contribution in [0, 0.1) is 0 Å². The average molecular weight is 277 g/mol. The van der Waals surface area contributed by atoms with Crippen molar-refractivity contribution in [3.05, 3.63) is 17.3 Å². The molecule has 0 spiro atoms. The molecule has 1 aliphatic rings. The van der Waals surface area contributed by atoms with E-state index in [9.17, 15) is 0 Å². The fourth-order valence-corrected chi connectivity index (χ4v) is 3.75. The van der Waals surface area contributed by atoms with Crippen molar-refractivity contribution in [3.63, 3.8) is 0 Å². The van der Waals surface area contributed by atoms with Gasteiger partial charge >= 0.3 is 0 Å². The van der Waals surface area contributed by atoms with Gasteiger partial charge in [0.15, 0.2) is 10.8 Å². The van der Waals surface area contributed by atoms with Crippen LogP contribution in [0.25, 0.3) is 15.5 Å². The topological polar surface area (TPSA) is 69.1 Å². The highest BCUT2D eigenvalue weighted by molar-refractivity contribution is 7.20. The zero-order valence-electron chi connectivity index (χ0n) is 9.54. The molecule has 0 aromatic carbocycles. The lowest BCUT2D eigenvalue weighted by molar-refractivity contribution is 0.395. The van der Waals surface area contributed by atoms with Gasteiger partial charge in [-0.05, 0) is 24.3 Å². The molecule has 18 heavy (non-hydrogen) atoms. The van der Waals surface area contributed by atoms with E-state index in [1.807, 2.05) is 16.0 Å². The summed E-state index contributed by atoms with van der Waals surface area (Å²) in [6.45, 7) is 0. The SMILES string of the molecule is Nc1sccc1-c1nn2c(C3CCC3)nnc2s1. The van der Waals surface area contributed by atoms with E-state index in [4.69, 9.17) is 5.73 Å². The first kappa shape index (κ1) is 10.5. The van der Waals surface area contributed by atoms with Crippen LogP contribution in [0.15, 0.2) is 11.4 Å². The van der Waals surface area contributed by atoms with Crippen LogP contribution < -0.4 is 5.73 Å². The molecule has 0 saturated heterocycles. The van der Waals surface area contributed by atoms with Crippen molar-refractivity contribution >= 4 is 32.6 Å². The molecule has 7 heteroatoms. The van der Waals surface area contributed by atoms with Crippen molar-refractivity contribution in [2.45, 2.75) is 25.2 Å². The van der Waals surface area contributed by atoms with Gasteiger partial charge in [-0.2, -0.15) is 9.61 Å². The highest BCUT2D eigenvalue weighted by atomic mass is 32.1. The van der Waals surface area contributed by atoms with Crippen molar-refractivity contribution in [1.29, 1.82) is 0 Å². The highest BCUT2D eigenvalue weighted by Crippen LogP contribution is 2.38. The number of rotatable bonds is 2. The number of nitrogens with zero attached hydrogens (tertiary/aromatic N) is 4. The Hall–Kier alpha value is -1.47. The number of hydrogen-bond acceptors (Lipinski definition) is 6. The van der Waals surface area contributed by atoms with Crippen LogP contribution in [0.2, 0.25) is 0 Å². The predicted molar refractivity (Wildman–Crippen MR) is 73.0 cm³/mol. The molecule has 1 saturated carbocycles. The molecule has 0 atom stereocenters. The zero-order valence-corrected chi connectivity index (χ0v) is 11.2. The molecular weight excluding hydrogens is 266 g/mol. The van der Waals surface area contributed by atoms with Crippen LogP contribution in [0.3, 0.4) is 0 Å². The lowest BCUT2D eigenvalue weighted by Gasteiger charge is -2.22. The van der Waals surface area contributed by atoms with Gasteiger partial charge in [0.25, 0.3) is 0 Å². The van der Waals surface area contributed by atoms with Crippen molar-refractivity contribution in [3.8, 4) is 10.6 Å². The summed E-state index contributed by atoms with van der Waals surface area (Å²) in [5.41, 5.74) is 6.95. The third-order valence-corrected chi connectivity index (χ3v) is 5.09. The van der Waals surface area contributed by atoms with Gasteiger partial charge in [-0.15, -0.1) is 21.5 Å². The van der Waals surface area contributed by atoms with Gasteiger partial charge in [0.1, 0.15) is 0 Å². The summed E-state index contributed by atoms with van der Waals surface area (Å²) < 4.78 is 1.89. The Morgan fingerprint density at radius 3 is 2.89 bits per heavy atom. The van der Waals surface area contributed by atoms with Gasteiger partial charge in [-0.1, -0.05) is 17.8 Å². The number of anilines is 1. The summed E-state index contributed by atoms with van der Waals surface area (Å²) in [7, 11) is 0. The first-order valence-corrected chi connectivity index (χ1v) is 7.58. The Morgan fingerprint density at radius 1 is 1.33 bits per heavy atom. The maximum Gasteiger partial charge on any atom is 0.234 e. The molecule has 5 nitrogen and oxygen atoms in total. The van der Waals surface area contributed by atoms with Gasteiger partial charge in [0.05, 0.1) is 5.00 Å². The first-order chi connectivity index (χ1) is 8.83. The van der Waals surface area contributed by atoms with E-state index in [-0.39, 0.29) is 0 Å². The number of fused-ring (bicyclic) bond motifs is 1. The second kappa shape index (κ2) is 3.76. The van der Waals surface area contributed by atoms with E-state index in [1.54, 1.807) is 11.3 Å². The largest absolute Gasteiger partial charge is 0.390 e. The number of nitrogen functional groups attached to an aromatic ring is 1. The fraction of sp³-hybridized carbons (Fsp3) is 0.364. The Labute approximate surface area is 111 Å². The Balaban J connectivity index is 1.84. The van der Waals surface area contributed by atoms with E-state index in [2.05, 4.69) is 15.3 Å². The number of nitrogens with two attached hydrogens (primary N) is 1. The van der Waals surface area contributed by atoms with Gasteiger partial charge in [-0.25, -0.2) is 0 Å². The minimum atomic E-state index is 0.537. The molecule has 0 bridgehead atoms. The second-order valence-corrected chi connectivity index (χ2v) is 6.39. The van der Waals surface area contributed by atoms with Gasteiger partial charge in [0, 0.05) is 11.5 Å². The standard InChI is InChI=1S/C11H11N5S2/c12-8-7(4-5-17-8)10-15-16-9(6-2-1-3-6)13-14-11(16)18-10/h4-6H,1-3,12H2. The molecule has 0 unspecified atom stereocenters. The Morgan fingerprint density at radius 2 is 2.22 bits per heavy atom. The maximum absolute atomic E-state index is 5.94. The summed E-state index contributed by atoms with van der Waals surface area (Å²) >= 11 is 3.08. The first-order valence-electron chi connectivity index (χ1n) is 5.88. The molecule has 92 valence electrons. The maximum atomic E-state index is 5.94.